The first-order chi connectivity index (χ1) is 13.0. The number of aliphatic hydroxyl groups is 1. The number of hydrogen-bond donors (Lipinski definition) is 4. The topological polar surface area (TPSA) is 110 Å². The number of carbonyl (C=O) groups excluding carboxylic acids is 1. The third-order valence-electron chi connectivity index (χ3n) is 4.80. The lowest BCUT2D eigenvalue weighted by Crippen LogP contribution is -2.32. The number of phenolic OH excluding ortho intramolecular Hbond substituents is 2. The van der Waals surface area contributed by atoms with Crippen LogP contribution in [0.5, 0.6) is 11.5 Å². The second-order valence-electron chi connectivity index (χ2n) is 6.60. The van der Waals surface area contributed by atoms with Crippen LogP contribution in [-0.2, 0) is 0 Å². The van der Waals surface area contributed by atoms with Gasteiger partial charge in [0.2, 0.25) is 0 Å². The molecule has 1 aromatic heterocycles. The molecule has 0 radical (unpaired) electrons. The molecule has 4 rings (SSSR count). The summed E-state index contributed by atoms with van der Waals surface area (Å²) in [5, 5.41) is 36.8. The van der Waals surface area contributed by atoms with Crippen molar-refractivity contribution in [1.82, 2.24) is 15.1 Å². The molecular weight excluding hydrogens is 346 g/mol. The first kappa shape index (κ1) is 17.1. The number of amides is 1. The fourth-order valence-corrected chi connectivity index (χ4v) is 3.62. The van der Waals surface area contributed by atoms with Crippen molar-refractivity contribution >= 4 is 5.91 Å². The van der Waals surface area contributed by atoms with Crippen LogP contribution in [0.2, 0.25) is 0 Å². The number of carbonyl (C=O) groups is 1. The normalized spacial score (nSPS) is 16.0. The molecule has 138 valence electrons. The lowest BCUT2D eigenvalue weighted by atomic mass is 9.95. The maximum Gasteiger partial charge on any atom is 0.273 e. The Balaban J connectivity index is 1.94. The van der Waals surface area contributed by atoms with Gasteiger partial charge in [0.25, 0.3) is 5.91 Å². The van der Waals surface area contributed by atoms with Crippen LogP contribution in [0.15, 0.2) is 42.5 Å². The molecule has 2 aromatic carbocycles. The highest BCUT2D eigenvalue weighted by Gasteiger charge is 2.42. The molecule has 1 atom stereocenters. The Labute approximate surface area is 155 Å². The number of benzene rings is 2. The summed E-state index contributed by atoms with van der Waals surface area (Å²) in [6.07, 6.45) is 0. The number of phenols is 2. The molecule has 0 aliphatic carbocycles. The Kier molecular flexibility index (Phi) is 4.08. The largest absolute Gasteiger partial charge is 0.508 e. The van der Waals surface area contributed by atoms with E-state index in [-0.39, 0.29) is 30.6 Å². The predicted octanol–water partition coefficient (Wildman–Crippen LogP) is 2.33. The molecule has 1 aliphatic heterocycles. The van der Waals surface area contributed by atoms with Crippen LogP contribution in [0.3, 0.4) is 0 Å². The number of hydrogen-bond acceptors (Lipinski definition) is 5. The molecule has 0 saturated heterocycles. The van der Waals surface area contributed by atoms with Crippen LogP contribution < -0.4 is 0 Å². The molecule has 0 bridgehead atoms. The van der Waals surface area contributed by atoms with E-state index in [1.807, 2.05) is 19.1 Å². The standard InChI is InChI=1S/C20H19N3O4/c1-11-5-6-15(26)14(9-11)17-16-18(22-21-17)20(27)23(7-8-24)19(16)12-3-2-4-13(25)10-12/h2-6,9-10,19,24-26H,7-8H2,1H3,(H,21,22). The van der Waals surface area contributed by atoms with Gasteiger partial charge in [-0.25, -0.2) is 0 Å². The molecule has 1 aliphatic rings. The van der Waals surface area contributed by atoms with E-state index >= 15 is 0 Å². The number of nitrogens with zero attached hydrogens (tertiary/aromatic N) is 2. The highest BCUT2D eigenvalue weighted by molar-refractivity contribution is 6.00. The van der Waals surface area contributed by atoms with Crippen LogP contribution >= 0.6 is 0 Å². The average Bonchev–Trinajstić information content (AvgIpc) is 3.17. The van der Waals surface area contributed by atoms with E-state index in [0.717, 1.165) is 5.56 Å². The van der Waals surface area contributed by atoms with Crippen molar-refractivity contribution in [1.29, 1.82) is 0 Å². The van der Waals surface area contributed by atoms with Gasteiger partial charge in [0.05, 0.1) is 12.6 Å². The first-order valence-electron chi connectivity index (χ1n) is 8.60. The Hall–Kier alpha value is -3.32. The van der Waals surface area contributed by atoms with Crippen molar-refractivity contribution < 1.29 is 20.1 Å². The predicted molar refractivity (Wildman–Crippen MR) is 98.5 cm³/mol. The molecule has 0 fully saturated rings. The fourth-order valence-electron chi connectivity index (χ4n) is 3.62. The molecule has 7 nitrogen and oxygen atoms in total. The summed E-state index contributed by atoms with van der Waals surface area (Å²) in [5.74, 6) is -0.128. The number of aromatic amines is 1. The zero-order valence-corrected chi connectivity index (χ0v) is 14.7. The smallest absolute Gasteiger partial charge is 0.273 e. The number of aryl methyl sites for hydroxylation is 1. The maximum atomic E-state index is 12.9. The van der Waals surface area contributed by atoms with Gasteiger partial charge in [0.1, 0.15) is 22.9 Å². The number of aromatic nitrogens is 2. The molecular formula is C20H19N3O4. The van der Waals surface area contributed by atoms with Crippen molar-refractivity contribution in [3.63, 3.8) is 0 Å². The van der Waals surface area contributed by atoms with Crippen LogP contribution in [0, 0.1) is 6.92 Å². The molecule has 1 amide bonds. The van der Waals surface area contributed by atoms with E-state index < -0.39 is 6.04 Å². The number of aromatic hydroxyl groups is 2. The van der Waals surface area contributed by atoms with Gasteiger partial charge in [-0.3, -0.25) is 9.89 Å². The lowest BCUT2D eigenvalue weighted by Gasteiger charge is -2.25. The Morgan fingerprint density at radius 3 is 2.74 bits per heavy atom. The van der Waals surface area contributed by atoms with Crippen molar-refractivity contribution in [3.8, 4) is 22.8 Å². The molecule has 0 saturated carbocycles. The minimum Gasteiger partial charge on any atom is -0.508 e. The lowest BCUT2D eigenvalue weighted by molar-refractivity contribution is 0.0706. The highest BCUT2D eigenvalue weighted by atomic mass is 16.3. The zero-order chi connectivity index (χ0) is 19.1. The monoisotopic (exact) mass is 365 g/mol. The van der Waals surface area contributed by atoms with Gasteiger partial charge in [-0.2, -0.15) is 5.10 Å². The van der Waals surface area contributed by atoms with Crippen molar-refractivity contribution in [2.24, 2.45) is 0 Å². The van der Waals surface area contributed by atoms with Gasteiger partial charge in [0, 0.05) is 17.7 Å². The molecule has 1 unspecified atom stereocenters. The number of nitrogens with one attached hydrogen (secondary N) is 1. The Morgan fingerprint density at radius 2 is 2.00 bits per heavy atom. The molecule has 0 spiro atoms. The van der Waals surface area contributed by atoms with Crippen LogP contribution in [0.25, 0.3) is 11.3 Å². The second-order valence-corrected chi connectivity index (χ2v) is 6.60. The van der Waals surface area contributed by atoms with Gasteiger partial charge in [-0.1, -0.05) is 23.8 Å². The number of rotatable bonds is 4. The molecule has 4 N–H and O–H groups in total. The van der Waals surface area contributed by atoms with E-state index in [1.165, 1.54) is 4.90 Å². The van der Waals surface area contributed by atoms with Crippen molar-refractivity contribution in [2.45, 2.75) is 13.0 Å². The maximum absolute atomic E-state index is 12.9. The van der Waals surface area contributed by atoms with Crippen molar-refractivity contribution in [2.75, 3.05) is 13.2 Å². The van der Waals surface area contributed by atoms with Crippen LogP contribution in [0.1, 0.15) is 33.2 Å². The van der Waals surface area contributed by atoms with Gasteiger partial charge in [-0.05, 0) is 36.8 Å². The Bertz CT molecular complexity index is 1030. The van der Waals surface area contributed by atoms with Gasteiger partial charge in [-0.15, -0.1) is 0 Å². The zero-order valence-electron chi connectivity index (χ0n) is 14.7. The number of fused-ring (bicyclic) bond motifs is 1. The summed E-state index contributed by atoms with van der Waals surface area (Å²) < 4.78 is 0. The van der Waals surface area contributed by atoms with Gasteiger partial charge < -0.3 is 20.2 Å². The summed E-state index contributed by atoms with van der Waals surface area (Å²) in [5.41, 5.74) is 3.60. The summed E-state index contributed by atoms with van der Waals surface area (Å²) in [4.78, 5) is 14.4. The summed E-state index contributed by atoms with van der Waals surface area (Å²) in [6, 6.07) is 11.3. The van der Waals surface area contributed by atoms with Gasteiger partial charge in [0.15, 0.2) is 0 Å². The van der Waals surface area contributed by atoms with Crippen LogP contribution in [0.4, 0.5) is 0 Å². The minimum absolute atomic E-state index is 0.0672. The van der Waals surface area contributed by atoms with E-state index in [4.69, 9.17) is 0 Å². The molecule has 27 heavy (non-hydrogen) atoms. The molecule has 2 heterocycles. The SMILES string of the molecule is Cc1ccc(O)c(-c2n[nH]c3c2C(c2cccc(O)c2)N(CCO)C3=O)c1. The summed E-state index contributed by atoms with van der Waals surface area (Å²) >= 11 is 0. The highest BCUT2D eigenvalue weighted by Crippen LogP contribution is 2.44. The number of H-pyrrole nitrogens is 1. The quantitative estimate of drug-likeness (QED) is 0.567. The summed E-state index contributed by atoms with van der Waals surface area (Å²) in [6.45, 7) is 1.86. The van der Waals surface area contributed by atoms with Gasteiger partial charge >= 0.3 is 0 Å². The Morgan fingerprint density at radius 1 is 1.19 bits per heavy atom. The average molecular weight is 365 g/mol. The van der Waals surface area contributed by atoms with Crippen molar-refractivity contribution in [3.05, 3.63) is 64.8 Å². The van der Waals surface area contributed by atoms with Crippen LogP contribution in [-0.4, -0.2) is 49.5 Å². The summed E-state index contributed by atoms with van der Waals surface area (Å²) in [7, 11) is 0. The molecule has 7 heteroatoms. The fraction of sp³-hybridized carbons (Fsp3) is 0.200. The van der Waals surface area contributed by atoms with E-state index in [1.54, 1.807) is 30.3 Å². The van der Waals surface area contributed by atoms with E-state index in [0.29, 0.717) is 28.1 Å². The number of aliphatic hydroxyl groups excluding tert-OH is 1. The third-order valence-corrected chi connectivity index (χ3v) is 4.80. The number of β-amino-alcohol motifs (C(OH)–C–C–N with tert-alkyl or cyclic N) is 1. The third kappa shape index (κ3) is 2.72. The first-order valence-corrected chi connectivity index (χ1v) is 8.60. The van der Waals surface area contributed by atoms with E-state index in [9.17, 15) is 20.1 Å². The molecule has 3 aromatic rings. The second kappa shape index (κ2) is 6.44. The minimum atomic E-state index is -0.527. The van der Waals surface area contributed by atoms with E-state index in [2.05, 4.69) is 10.2 Å².